The first kappa shape index (κ1) is 21.5. The van der Waals surface area contributed by atoms with Crippen LogP contribution in [0.3, 0.4) is 0 Å². The molecule has 3 heterocycles. The summed E-state index contributed by atoms with van der Waals surface area (Å²) in [5.41, 5.74) is 6.33. The summed E-state index contributed by atoms with van der Waals surface area (Å²) in [6.45, 7) is 0. The molecule has 0 N–H and O–H groups in total. The lowest BCUT2D eigenvalue weighted by Gasteiger charge is -2.10. The van der Waals surface area contributed by atoms with Gasteiger partial charge in [0.25, 0.3) is 0 Å². The van der Waals surface area contributed by atoms with E-state index in [1.165, 1.54) is 79.0 Å². The van der Waals surface area contributed by atoms with Gasteiger partial charge in [-0.15, -0.1) is 22.7 Å². The summed E-state index contributed by atoms with van der Waals surface area (Å²) in [5.74, 6) is 0. The molecule has 0 saturated carbocycles. The third-order valence-corrected chi connectivity index (χ3v) is 10.3. The van der Waals surface area contributed by atoms with Crippen LogP contribution in [-0.2, 0) is 0 Å². The first-order valence-electron chi connectivity index (χ1n) is 13.2. The van der Waals surface area contributed by atoms with Gasteiger partial charge < -0.3 is 4.57 Å². The minimum absolute atomic E-state index is 1.24. The van der Waals surface area contributed by atoms with E-state index in [1.54, 1.807) is 0 Å². The summed E-state index contributed by atoms with van der Waals surface area (Å²) in [4.78, 5) is 0. The van der Waals surface area contributed by atoms with Crippen molar-refractivity contribution < 1.29 is 0 Å². The Kier molecular flexibility index (Phi) is 4.43. The van der Waals surface area contributed by atoms with Crippen molar-refractivity contribution in [2.45, 2.75) is 0 Å². The number of aromatic nitrogens is 1. The van der Waals surface area contributed by atoms with Gasteiger partial charge in [-0.3, -0.25) is 0 Å². The van der Waals surface area contributed by atoms with Gasteiger partial charge in [0.05, 0.1) is 16.7 Å². The fourth-order valence-electron chi connectivity index (χ4n) is 6.32. The van der Waals surface area contributed by atoms with Gasteiger partial charge in [0, 0.05) is 51.1 Å². The van der Waals surface area contributed by atoms with Crippen LogP contribution in [0.25, 0.3) is 79.0 Å². The van der Waals surface area contributed by atoms with Crippen molar-refractivity contribution in [3.63, 3.8) is 0 Å². The minimum Gasteiger partial charge on any atom is -0.309 e. The smallest absolute Gasteiger partial charge is 0.0555 e. The fraction of sp³-hybridized carbons (Fsp3) is 0. The van der Waals surface area contributed by atoms with Gasteiger partial charge in [0.2, 0.25) is 0 Å². The maximum atomic E-state index is 2.45. The van der Waals surface area contributed by atoms with E-state index in [9.17, 15) is 0 Å². The third-order valence-electron chi connectivity index (χ3n) is 8.01. The highest BCUT2D eigenvalue weighted by Crippen LogP contribution is 2.45. The second-order valence-electron chi connectivity index (χ2n) is 10.1. The van der Waals surface area contributed by atoms with Crippen molar-refractivity contribution in [2.24, 2.45) is 0 Å². The van der Waals surface area contributed by atoms with Crippen LogP contribution in [0.5, 0.6) is 0 Å². The van der Waals surface area contributed by atoms with Crippen LogP contribution in [0.2, 0.25) is 0 Å². The number of hydrogen-bond acceptors (Lipinski definition) is 2. The third kappa shape index (κ3) is 3.00. The predicted molar refractivity (Wildman–Crippen MR) is 172 cm³/mol. The molecule has 9 aromatic rings. The van der Waals surface area contributed by atoms with Gasteiger partial charge in [-0.2, -0.15) is 0 Å². The first-order valence-corrected chi connectivity index (χ1v) is 14.8. The zero-order chi connectivity index (χ0) is 25.5. The van der Waals surface area contributed by atoms with Crippen LogP contribution in [-0.4, -0.2) is 4.57 Å². The molecule has 3 aromatic heterocycles. The van der Waals surface area contributed by atoms with Crippen molar-refractivity contribution >= 4 is 84.8 Å². The molecule has 9 rings (SSSR count). The lowest BCUT2D eigenvalue weighted by atomic mass is 10.0. The highest BCUT2D eigenvalue weighted by atomic mass is 32.1. The highest BCUT2D eigenvalue weighted by molar-refractivity contribution is 7.26. The number of thiophene rings is 2. The van der Waals surface area contributed by atoms with Crippen molar-refractivity contribution in [1.82, 2.24) is 4.57 Å². The van der Waals surface area contributed by atoms with E-state index < -0.39 is 0 Å². The molecule has 39 heavy (non-hydrogen) atoms. The lowest BCUT2D eigenvalue weighted by molar-refractivity contribution is 1.20. The van der Waals surface area contributed by atoms with E-state index in [2.05, 4.69) is 132 Å². The molecule has 0 atom stereocenters. The Balaban J connectivity index is 1.33. The number of benzene rings is 6. The topological polar surface area (TPSA) is 4.93 Å². The summed E-state index contributed by atoms with van der Waals surface area (Å²) >= 11 is 3.79. The Morgan fingerprint density at radius 3 is 1.90 bits per heavy atom. The molecule has 182 valence electrons. The summed E-state index contributed by atoms with van der Waals surface area (Å²) in [6, 6.07) is 46.8. The maximum Gasteiger partial charge on any atom is 0.0555 e. The molecule has 0 saturated heterocycles. The maximum absolute atomic E-state index is 2.45. The lowest BCUT2D eigenvalue weighted by Crippen LogP contribution is -1.94. The average Bonchev–Trinajstić information content (AvgIpc) is 3.66. The number of hydrogen-bond donors (Lipinski definition) is 0. The van der Waals surface area contributed by atoms with E-state index in [0.717, 1.165) is 0 Å². The minimum atomic E-state index is 1.24. The number of rotatable bonds is 2. The summed E-state index contributed by atoms with van der Waals surface area (Å²) in [7, 11) is 0. The van der Waals surface area contributed by atoms with Crippen molar-refractivity contribution in [2.75, 3.05) is 0 Å². The standard InChI is InChI=1S/C36H21NS2/c1-4-14-29-24(9-1)25-10-2-5-15-30(25)37(29)31-16-8-18-33-35(31)28-13-7-12-23(36(28)39-33)22-19-20-27-26-11-3-6-17-32(26)38-34(27)21-22/h1-21H. The van der Waals surface area contributed by atoms with Crippen LogP contribution >= 0.6 is 22.7 Å². The van der Waals surface area contributed by atoms with E-state index in [0.29, 0.717) is 0 Å². The summed E-state index contributed by atoms with van der Waals surface area (Å²) < 4.78 is 7.81. The summed E-state index contributed by atoms with van der Waals surface area (Å²) in [5, 5.41) is 7.93. The molecule has 0 amide bonds. The Bertz CT molecular complexity index is 2350. The average molecular weight is 532 g/mol. The molecule has 0 fully saturated rings. The fourth-order valence-corrected chi connectivity index (χ4v) is 8.72. The van der Waals surface area contributed by atoms with Crippen LogP contribution in [0.15, 0.2) is 127 Å². The van der Waals surface area contributed by atoms with Crippen LogP contribution in [0.1, 0.15) is 0 Å². The van der Waals surface area contributed by atoms with Gasteiger partial charge in [-0.05, 0) is 47.5 Å². The molecule has 0 aliphatic carbocycles. The van der Waals surface area contributed by atoms with E-state index in [1.807, 2.05) is 22.7 Å². The molecular weight excluding hydrogens is 511 g/mol. The van der Waals surface area contributed by atoms with Crippen molar-refractivity contribution in [3.8, 4) is 16.8 Å². The SMILES string of the molecule is c1ccc2c(c1)sc1cc(-c3cccc4c3sc3cccc(-n5c6ccccc6c6ccccc65)c34)ccc12. The van der Waals surface area contributed by atoms with E-state index in [-0.39, 0.29) is 0 Å². The van der Waals surface area contributed by atoms with Gasteiger partial charge in [0.1, 0.15) is 0 Å². The first-order chi connectivity index (χ1) is 19.3. The Labute approximate surface area is 232 Å². The Hall–Kier alpha value is -4.44. The number of para-hydroxylation sites is 2. The van der Waals surface area contributed by atoms with Gasteiger partial charge in [0.15, 0.2) is 0 Å². The second-order valence-corrected chi connectivity index (χ2v) is 12.2. The van der Waals surface area contributed by atoms with Gasteiger partial charge in [-0.25, -0.2) is 0 Å². The van der Waals surface area contributed by atoms with E-state index in [4.69, 9.17) is 0 Å². The molecular formula is C36H21NS2. The van der Waals surface area contributed by atoms with Gasteiger partial charge >= 0.3 is 0 Å². The predicted octanol–water partition coefficient (Wildman–Crippen LogP) is 11.2. The summed E-state index contributed by atoms with van der Waals surface area (Å²) in [6.07, 6.45) is 0. The number of fused-ring (bicyclic) bond motifs is 9. The largest absolute Gasteiger partial charge is 0.309 e. The van der Waals surface area contributed by atoms with E-state index >= 15 is 0 Å². The quantitative estimate of drug-likeness (QED) is 0.209. The van der Waals surface area contributed by atoms with Crippen LogP contribution < -0.4 is 0 Å². The molecule has 0 unspecified atom stereocenters. The van der Waals surface area contributed by atoms with Crippen LogP contribution in [0.4, 0.5) is 0 Å². The van der Waals surface area contributed by atoms with Crippen molar-refractivity contribution in [3.05, 3.63) is 127 Å². The molecule has 0 aliphatic rings. The Morgan fingerprint density at radius 2 is 1.08 bits per heavy atom. The molecule has 0 spiro atoms. The highest BCUT2D eigenvalue weighted by Gasteiger charge is 2.18. The molecule has 0 aliphatic heterocycles. The van der Waals surface area contributed by atoms with Crippen LogP contribution in [0, 0.1) is 0 Å². The monoisotopic (exact) mass is 531 g/mol. The normalized spacial score (nSPS) is 12.1. The Morgan fingerprint density at radius 1 is 0.436 bits per heavy atom. The second kappa shape index (κ2) is 8.03. The zero-order valence-corrected chi connectivity index (χ0v) is 22.5. The number of nitrogens with zero attached hydrogens (tertiary/aromatic N) is 1. The zero-order valence-electron chi connectivity index (χ0n) is 20.9. The van der Waals surface area contributed by atoms with Crippen molar-refractivity contribution in [1.29, 1.82) is 0 Å². The molecule has 6 aromatic carbocycles. The molecule has 3 heteroatoms. The van der Waals surface area contributed by atoms with Gasteiger partial charge in [-0.1, -0.05) is 91.0 Å². The molecule has 1 nitrogen and oxygen atoms in total. The molecule has 0 radical (unpaired) electrons. The molecule has 0 bridgehead atoms.